The maximum atomic E-state index is 13.0. The van der Waals surface area contributed by atoms with Crippen molar-refractivity contribution in [1.29, 1.82) is 0 Å². The zero-order valence-electron chi connectivity index (χ0n) is 17.5. The molecule has 0 bridgehead atoms. The minimum atomic E-state index is -0.455. The summed E-state index contributed by atoms with van der Waals surface area (Å²) >= 11 is 0. The van der Waals surface area contributed by atoms with Crippen LogP contribution in [-0.2, 0) is 9.59 Å². The highest BCUT2D eigenvalue weighted by molar-refractivity contribution is 6.05. The zero-order chi connectivity index (χ0) is 21.8. The van der Waals surface area contributed by atoms with E-state index in [0.29, 0.717) is 23.7 Å². The molecule has 4 rings (SSSR count). The van der Waals surface area contributed by atoms with E-state index < -0.39 is 5.92 Å². The van der Waals surface area contributed by atoms with Crippen molar-refractivity contribution in [3.63, 3.8) is 0 Å². The fourth-order valence-electron chi connectivity index (χ4n) is 3.82. The highest BCUT2D eigenvalue weighted by Crippen LogP contribution is 2.36. The first-order chi connectivity index (χ1) is 15.1. The Kier molecular flexibility index (Phi) is 5.89. The zero-order valence-corrected chi connectivity index (χ0v) is 17.5. The van der Waals surface area contributed by atoms with Crippen molar-refractivity contribution in [3.8, 4) is 22.6 Å². The molecule has 3 aromatic rings. The van der Waals surface area contributed by atoms with E-state index in [0.717, 1.165) is 16.8 Å². The van der Waals surface area contributed by atoms with Gasteiger partial charge in [-0.25, -0.2) is 0 Å². The molecule has 0 saturated carbocycles. The predicted octanol–water partition coefficient (Wildman–Crippen LogP) is 4.36. The average molecular weight is 416 g/mol. The number of nitrogens with zero attached hydrogens (tertiary/aromatic N) is 1. The Bertz CT molecular complexity index is 1100. The Balaban J connectivity index is 1.53. The number of benzene rings is 3. The highest BCUT2D eigenvalue weighted by Gasteiger charge is 2.36. The van der Waals surface area contributed by atoms with Gasteiger partial charge in [0.1, 0.15) is 11.5 Å². The van der Waals surface area contributed by atoms with E-state index in [1.807, 2.05) is 54.6 Å². The van der Waals surface area contributed by atoms with Gasteiger partial charge in [0.25, 0.3) is 0 Å². The molecule has 0 aromatic heterocycles. The summed E-state index contributed by atoms with van der Waals surface area (Å²) in [5.74, 6) is 0.428. The van der Waals surface area contributed by atoms with Crippen LogP contribution in [0.25, 0.3) is 11.1 Å². The van der Waals surface area contributed by atoms with Gasteiger partial charge in [0.2, 0.25) is 11.8 Å². The fourth-order valence-corrected chi connectivity index (χ4v) is 3.82. The van der Waals surface area contributed by atoms with Crippen molar-refractivity contribution in [3.05, 3.63) is 72.8 Å². The Morgan fingerprint density at radius 3 is 2.45 bits per heavy atom. The van der Waals surface area contributed by atoms with E-state index in [9.17, 15) is 9.59 Å². The summed E-state index contributed by atoms with van der Waals surface area (Å²) in [7, 11) is 3.12. The van der Waals surface area contributed by atoms with Gasteiger partial charge >= 0.3 is 0 Å². The maximum Gasteiger partial charge on any atom is 0.229 e. The lowest BCUT2D eigenvalue weighted by Crippen LogP contribution is -2.28. The average Bonchev–Trinajstić information content (AvgIpc) is 3.21. The van der Waals surface area contributed by atoms with E-state index in [2.05, 4.69) is 5.32 Å². The first-order valence-electron chi connectivity index (χ1n) is 10.1. The molecule has 3 aromatic carbocycles. The van der Waals surface area contributed by atoms with Gasteiger partial charge in [-0.1, -0.05) is 48.5 Å². The third-order valence-corrected chi connectivity index (χ3v) is 5.44. The molecule has 1 heterocycles. The quantitative estimate of drug-likeness (QED) is 0.648. The molecule has 2 amide bonds. The summed E-state index contributed by atoms with van der Waals surface area (Å²) in [5.41, 5.74) is 3.32. The number of hydrogen-bond donors (Lipinski definition) is 1. The second-order valence-electron chi connectivity index (χ2n) is 7.34. The highest BCUT2D eigenvalue weighted by atomic mass is 16.5. The van der Waals surface area contributed by atoms with Crippen molar-refractivity contribution in [1.82, 2.24) is 0 Å². The van der Waals surface area contributed by atoms with E-state index in [1.165, 1.54) is 0 Å². The van der Waals surface area contributed by atoms with Crippen LogP contribution in [0.1, 0.15) is 6.42 Å². The van der Waals surface area contributed by atoms with Gasteiger partial charge in [-0.15, -0.1) is 0 Å². The second-order valence-corrected chi connectivity index (χ2v) is 7.34. The number of nitrogens with one attached hydrogen (secondary N) is 1. The number of ether oxygens (including phenoxy) is 2. The molecule has 1 aliphatic heterocycles. The molecular formula is C25H24N2O4. The summed E-state index contributed by atoms with van der Waals surface area (Å²) in [5, 5.41) is 3.02. The van der Waals surface area contributed by atoms with Crippen molar-refractivity contribution < 1.29 is 19.1 Å². The Labute approximate surface area is 181 Å². The summed E-state index contributed by atoms with van der Waals surface area (Å²) < 4.78 is 10.7. The Morgan fingerprint density at radius 2 is 1.71 bits per heavy atom. The SMILES string of the molecule is COc1ccc(N2CC(C(=O)Nc3ccccc3-c3ccccc3)CC2=O)c(OC)c1. The third kappa shape index (κ3) is 4.23. The number of carbonyl (C=O) groups is 2. The topological polar surface area (TPSA) is 67.9 Å². The fraction of sp³-hybridized carbons (Fsp3) is 0.200. The normalized spacial score (nSPS) is 15.6. The number of rotatable bonds is 6. The van der Waals surface area contributed by atoms with E-state index in [1.54, 1.807) is 37.3 Å². The van der Waals surface area contributed by atoms with E-state index in [4.69, 9.17) is 9.47 Å². The first-order valence-corrected chi connectivity index (χ1v) is 10.1. The monoisotopic (exact) mass is 416 g/mol. The van der Waals surface area contributed by atoms with Crippen molar-refractivity contribution >= 4 is 23.2 Å². The van der Waals surface area contributed by atoms with Crippen LogP contribution in [0.15, 0.2) is 72.8 Å². The number of para-hydroxylation sites is 1. The number of amides is 2. The van der Waals surface area contributed by atoms with Crippen LogP contribution in [0.3, 0.4) is 0 Å². The predicted molar refractivity (Wildman–Crippen MR) is 121 cm³/mol. The lowest BCUT2D eigenvalue weighted by molar-refractivity contribution is -0.122. The number of hydrogen-bond acceptors (Lipinski definition) is 4. The van der Waals surface area contributed by atoms with Crippen molar-refractivity contribution in [2.45, 2.75) is 6.42 Å². The van der Waals surface area contributed by atoms with Crippen LogP contribution in [0.5, 0.6) is 11.5 Å². The minimum Gasteiger partial charge on any atom is -0.497 e. The molecule has 0 radical (unpaired) electrons. The maximum absolute atomic E-state index is 13.0. The molecule has 1 atom stereocenters. The smallest absolute Gasteiger partial charge is 0.229 e. The molecule has 0 aliphatic carbocycles. The minimum absolute atomic E-state index is 0.111. The summed E-state index contributed by atoms with van der Waals surface area (Å²) in [6.07, 6.45) is 0.147. The molecule has 1 fully saturated rings. The molecule has 1 saturated heterocycles. The van der Waals surface area contributed by atoms with E-state index >= 15 is 0 Å². The van der Waals surface area contributed by atoms with Gasteiger partial charge in [0.05, 0.1) is 25.8 Å². The van der Waals surface area contributed by atoms with Gasteiger partial charge in [0, 0.05) is 30.3 Å². The molecule has 6 heteroatoms. The van der Waals surface area contributed by atoms with Crippen molar-refractivity contribution in [2.24, 2.45) is 5.92 Å². The number of anilines is 2. The summed E-state index contributed by atoms with van der Waals surface area (Å²) in [4.78, 5) is 27.3. The van der Waals surface area contributed by atoms with E-state index in [-0.39, 0.29) is 18.2 Å². The molecule has 1 unspecified atom stereocenters. The molecule has 6 nitrogen and oxygen atoms in total. The van der Waals surface area contributed by atoms with Crippen LogP contribution in [0.2, 0.25) is 0 Å². The van der Waals surface area contributed by atoms with Gasteiger partial charge < -0.3 is 19.7 Å². The van der Waals surface area contributed by atoms with Crippen LogP contribution < -0.4 is 19.7 Å². The van der Waals surface area contributed by atoms with Gasteiger partial charge in [-0.3, -0.25) is 9.59 Å². The lowest BCUT2D eigenvalue weighted by atomic mass is 10.0. The Morgan fingerprint density at radius 1 is 0.968 bits per heavy atom. The summed E-state index contributed by atoms with van der Waals surface area (Å²) in [6, 6.07) is 22.8. The van der Waals surface area contributed by atoms with Gasteiger partial charge in [0.15, 0.2) is 0 Å². The van der Waals surface area contributed by atoms with Gasteiger partial charge in [-0.05, 0) is 23.8 Å². The number of methoxy groups -OCH3 is 2. The lowest BCUT2D eigenvalue weighted by Gasteiger charge is -2.20. The molecule has 158 valence electrons. The van der Waals surface area contributed by atoms with Gasteiger partial charge in [-0.2, -0.15) is 0 Å². The third-order valence-electron chi connectivity index (χ3n) is 5.44. The van der Waals surface area contributed by atoms with Crippen LogP contribution in [0.4, 0.5) is 11.4 Å². The summed E-state index contributed by atoms with van der Waals surface area (Å²) in [6.45, 7) is 0.293. The molecule has 31 heavy (non-hydrogen) atoms. The largest absolute Gasteiger partial charge is 0.497 e. The first kappa shape index (κ1) is 20.5. The molecular weight excluding hydrogens is 392 g/mol. The molecule has 1 aliphatic rings. The molecule has 1 N–H and O–H groups in total. The van der Waals surface area contributed by atoms with Crippen LogP contribution >= 0.6 is 0 Å². The standard InChI is InChI=1S/C25H24N2O4/c1-30-19-12-13-22(23(15-19)31-2)27-16-18(14-24(27)28)25(29)26-21-11-7-6-10-20(21)17-8-4-3-5-9-17/h3-13,15,18H,14,16H2,1-2H3,(H,26,29). The Hall–Kier alpha value is -3.80. The number of carbonyl (C=O) groups excluding carboxylic acids is 2. The second kappa shape index (κ2) is 8.92. The van der Waals surface area contributed by atoms with Crippen molar-refractivity contribution in [2.75, 3.05) is 31.0 Å². The molecule has 0 spiro atoms. The van der Waals surface area contributed by atoms with Crippen LogP contribution in [0, 0.1) is 5.92 Å². The van der Waals surface area contributed by atoms with Crippen LogP contribution in [-0.4, -0.2) is 32.6 Å².